The van der Waals surface area contributed by atoms with E-state index < -0.39 is 11.4 Å². The molecule has 380 valence electrons. The van der Waals surface area contributed by atoms with Crippen LogP contribution in [0.2, 0.25) is 10.2 Å². The highest BCUT2D eigenvalue weighted by Crippen LogP contribution is 2.30. The van der Waals surface area contributed by atoms with Crippen molar-refractivity contribution in [1.82, 2.24) is 50.7 Å². The van der Waals surface area contributed by atoms with Crippen molar-refractivity contribution in [2.75, 3.05) is 122 Å². The molecule has 4 amide bonds. The zero-order valence-electron chi connectivity index (χ0n) is 39.3. The quantitative estimate of drug-likeness (QED) is 0.0181. The summed E-state index contributed by atoms with van der Waals surface area (Å²) >= 11 is 12.4. The van der Waals surface area contributed by atoms with Gasteiger partial charge in [0.15, 0.2) is 5.15 Å². The molecule has 1 atom stereocenters. The van der Waals surface area contributed by atoms with Crippen LogP contribution < -0.4 is 43.5 Å². The van der Waals surface area contributed by atoms with Crippen molar-refractivity contribution in [2.45, 2.75) is 37.3 Å². The Hall–Kier alpha value is -5.69. The summed E-state index contributed by atoms with van der Waals surface area (Å²) in [5, 5.41) is 14.5. The Morgan fingerprint density at radius 3 is 2.31 bits per heavy atom. The lowest BCUT2D eigenvalue weighted by atomic mass is 9.87. The van der Waals surface area contributed by atoms with Gasteiger partial charge in [-0.25, -0.2) is 20.8 Å². The van der Waals surface area contributed by atoms with Gasteiger partial charge < -0.3 is 66.7 Å². The molecule has 22 nitrogen and oxygen atoms in total. The number of fused-ring (bicyclic) bond motifs is 1. The third kappa shape index (κ3) is 16.5. The second-order valence-corrected chi connectivity index (χ2v) is 17.6. The van der Waals surface area contributed by atoms with Crippen molar-refractivity contribution in [1.29, 1.82) is 0 Å². The number of carbonyl (C=O) groups is 4. The average molecular weight is 1010 g/mol. The molecule has 3 aromatic heterocycles. The molecule has 1 aromatic carbocycles. The van der Waals surface area contributed by atoms with Crippen molar-refractivity contribution in [2.24, 2.45) is 17.3 Å². The summed E-state index contributed by atoms with van der Waals surface area (Å²) in [7, 11) is 0. The number of rotatable bonds is 27. The summed E-state index contributed by atoms with van der Waals surface area (Å²) < 4.78 is 16.8. The van der Waals surface area contributed by atoms with E-state index in [1.54, 1.807) is 6.33 Å². The van der Waals surface area contributed by atoms with Crippen molar-refractivity contribution < 1.29 is 33.4 Å². The number of H-pyrrole nitrogens is 1. The Morgan fingerprint density at radius 2 is 1.60 bits per heavy atom. The number of pyridine rings is 1. The van der Waals surface area contributed by atoms with E-state index in [4.69, 9.17) is 54.7 Å². The number of benzene rings is 1. The highest BCUT2D eigenvalue weighted by Gasteiger charge is 2.39. The van der Waals surface area contributed by atoms with Gasteiger partial charge in [0.25, 0.3) is 5.91 Å². The second kappa shape index (κ2) is 27.6. The van der Waals surface area contributed by atoms with Gasteiger partial charge in [-0.1, -0.05) is 35.3 Å². The molecule has 24 heteroatoms. The minimum absolute atomic E-state index is 0.0208. The molecule has 2 aliphatic rings. The summed E-state index contributed by atoms with van der Waals surface area (Å²) in [6, 6.07) is 12.2. The highest BCUT2D eigenvalue weighted by atomic mass is 35.5. The summed E-state index contributed by atoms with van der Waals surface area (Å²) in [5.41, 5.74) is 13.2. The number of nitrogens with zero attached hydrogens (tertiary/aromatic N) is 7. The number of halogens is 2. The van der Waals surface area contributed by atoms with Gasteiger partial charge in [-0.2, -0.15) is 0 Å². The van der Waals surface area contributed by atoms with Gasteiger partial charge in [-0.15, -0.1) is 0 Å². The molecule has 5 heterocycles. The van der Waals surface area contributed by atoms with Gasteiger partial charge in [-0.05, 0) is 55.2 Å². The molecule has 1 unspecified atom stereocenters. The smallest absolute Gasteiger partial charge is 0.270 e. The Bertz CT molecular complexity index is 2330. The fourth-order valence-electron chi connectivity index (χ4n) is 7.94. The Morgan fingerprint density at radius 1 is 0.886 bits per heavy atom. The molecular weight excluding hydrogens is 946 g/mol. The van der Waals surface area contributed by atoms with Crippen LogP contribution in [0.4, 0.5) is 11.5 Å². The number of ether oxygens (including phenoxy) is 3. The fraction of sp³-hybridized carbons (Fsp3) is 0.500. The maximum absolute atomic E-state index is 13.9. The Balaban J connectivity index is 0.785. The molecule has 6 rings (SSSR count). The van der Waals surface area contributed by atoms with Crippen molar-refractivity contribution in [3.05, 3.63) is 88.8 Å². The van der Waals surface area contributed by atoms with Crippen LogP contribution in [0.1, 0.15) is 47.8 Å². The molecule has 70 heavy (non-hydrogen) atoms. The summed E-state index contributed by atoms with van der Waals surface area (Å²) in [6.07, 6.45) is 8.10. The first kappa shape index (κ1) is 53.7. The first-order valence-corrected chi connectivity index (χ1v) is 24.1. The first-order valence-electron chi connectivity index (χ1n) is 23.4. The largest absolute Gasteiger partial charge is 0.403 e. The van der Waals surface area contributed by atoms with Crippen LogP contribution in [0.5, 0.6) is 0 Å². The number of piperazine rings is 1. The lowest BCUT2D eigenvalue weighted by Gasteiger charge is -2.39. The fourth-order valence-corrected chi connectivity index (χ4v) is 8.26. The van der Waals surface area contributed by atoms with E-state index >= 15 is 0 Å². The van der Waals surface area contributed by atoms with E-state index in [2.05, 4.69) is 51.0 Å². The molecule has 0 spiro atoms. The number of aromatic amines is 1. The Labute approximate surface area is 417 Å². The van der Waals surface area contributed by atoms with Crippen LogP contribution in [0, 0.1) is 0 Å². The van der Waals surface area contributed by atoms with Crippen LogP contribution in [0.25, 0.3) is 11.0 Å². The van der Waals surface area contributed by atoms with Gasteiger partial charge in [0.05, 0.1) is 75.3 Å². The topological polar surface area (TPSA) is 290 Å². The van der Waals surface area contributed by atoms with E-state index in [1.165, 1.54) is 29.5 Å². The van der Waals surface area contributed by atoms with Crippen molar-refractivity contribution in [3.8, 4) is 0 Å². The van der Waals surface area contributed by atoms with Gasteiger partial charge in [0.1, 0.15) is 23.5 Å². The van der Waals surface area contributed by atoms with Gasteiger partial charge in [-0.3, -0.25) is 24.1 Å². The number of anilines is 2. The standard InChI is InChI=1S/C46H65Cl2N15O7/c47-34-3-1-33(2-4-34)36(59-45(67)46(50)10-17-62(18-11-46)43-35-7-13-53-42(35)55-32-56-43)8-16-60-21-23-61(24-22-60)40(65)9-25-68-27-29-70-30-28-69-26-15-54-44(66)38-6-5-37(41(48)58-38)57-39(64)31-52-14-20-63(51)19-12-49/h1-7,12-13,19,32,36,52H,8-11,14-18,20-31,49-51H2,(H,54,66)(H,57,64)(H,59,67)(H,53,55,56)/b19-12-. The van der Waals surface area contributed by atoms with Crippen LogP contribution >= 0.6 is 23.2 Å². The lowest BCUT2D eigenvalue weighted by Crippen LogP contribution is -2.60. The lowest BCUT2D eigenvalue weighted by molar-refractivity contribution is -0.134. The second-order valence-electron chi connectivity index (χ2n) is 16.9. The van der Waals surface area contributed by atoms with E-state index in [-0.39, 0.29) is 73.0 Å². The number of nitrogens with two attached hydrogens (primary N) is 3. The number of nitrogens with one attached hydrogen (secondary N) is 5. The third-order valence-corrected chi connectivity index (χ3v) is 12.5. The monoisotopic (exact) mass is 1010 g/mol. The predicted molar refractivity (Wildman–Crippen MR) is 267 cm³/mol. The molecule has 2 aliphatic heterocycles. The van der Waals surface area contributed by atoms with E-state index in [1.807, 2.05) is 41.4 Å². The van der Waals surface area contributed by atoms with E-state index in [0.29, 0.717) is 90.0 Å². The zero-order chi connectivity index (χ0) is 49.7. The molecule has 0 saturated carbocycles. The first-order chi connectivity index (χ1) is 33.9. The van der Waals surface area contributed by atoms with Gasteiger partial charge in [0.2, 0.25) is 17.7 Å². The number of hydrogen-bond donors (Lipinski definition) is 8. The number of amides is 4. The average Bonchev–Trinajstić information content (AvgIpc) is 3.85. The maximum atomic E-state index is 13.9. The van der Waals surface area contributed by atoms with Crippen LogP contribution in [0.15, 0.2) is 67.4 Å². The molecule has 0 bridgehead atoms. The van der Waals surface area contributed by atoms with Gasteiger partial charge in [0, 0.05) is 89.1 Å². The van der Waals surface area contributed by atoms with E-state index in [0.717, 1.165) is 42.0 Å². The number of hydrogen-bond acceptors (Lipinski definition) is 17. The SMILES string of the molecule is N/C=C\N(N)CCNCC(=O)Nc1ccc(C(=O)NCCOCCOCCOCCC(=O)N2CCN(CCC(NC(=O)C3(N)CCN(c4ncnc5[nH]ccc45)CC3)c3ccc(Cl)cc3)CC2)nc1Cl. The number of carbonyl (C=O) groups excluding carboxylic acids is 4. The molecule has 0 radical (unpaired) electrons. The molecular formula is C46H65Cl2N15O7. The number of piperidine rings is 1. The Kier molecular flexibility index (Phi) is 21.2. The molecule has 11 N–H and O–H groups in total. The van der Waals surface area contributed by atoms with Crippen molar-refractivity contribution in [3.63, 3.8) is 0 Å². The molecule has 4 aromatic rings. The highest BCUT2D eigenvalue weighted by molar-refractivity contribution is 6.32. The van der Waals surface area contributed by atoms with Crippen LogP contribution in [-0.2, 0) is 28.6 Å². The molecule has 2 fully saturated rings. The van der Waals surface area contributed by atoms with Crippen LogP contribution in [-0.4, -0.2) is 176 Å². The molecule has 2 saturated heterocycles. The minimum atomic E-state index is -1.03. The normalized spacial score (nSPS) is 15.5. The zero-order valence-corrected chi connectivity index (χ0v) is 40.8. The number of aromatic nitrogens is 4. The molecule has 0 aliphatic carbocycles. The van der Waals surface area contributed by atoms with Crippen LogP contribution in [0.3, 0.4) is 0 Å². The number of hydrazine groups is 1. The third-order valence-electron chi connectivity index (χ3n) is 12.0. The summed E-state index contributed by atoms with van der Waals surface area (Å²) in [6.45, 7) is 7.59. The summed E-state index contributed by atoms with van der Waals surface area (Å²) in [5.74, 6) is 5.59. The van der Waals surface area contributed by atoms with Gasteiger partial charge >= 0.3 is 0 Å². The summed E-state index contributed by atoms with van der Waals surface area (Å²) in [4.78, 5) is 74.0. The van der Waals surface area contributed by atoms with E-state index in [9.17, 15) is 19.2 Å². The van der Waals surface area contributed by atoms with Crippen molar-refractivity contribution >= 4 is 69.4 Å². The maximum Gasteiger partial charge on any atom is 0.270 e. The minimum Gasteiger partial charge on any atom is -0.403 e. The predicted octanol–water partition coefficient (Wildman–Crippen LogP) is 1.35.